The third kappa shape index (κ3) is 2.00. The molecule has 1 N–H and O–H groups in total. The van der Waals surface area contributed by atoms with Crippen LogP contribution in [0, 0.1) is 0 Å². The highest BCUT2D eigenvalue weighted by molar-refractivity contribution is 5.50. The van der Waals surface area contributed by atoms with Gasteiger partial charge in [0.1, 0.15) is 0 Å². The van der Waals surface area contributed by atoms with E-state index in [0.29, 0.717) is 6.04 Å². The number of hydrogen-bond acceptors (Lipinski definition) is 2. The molecule has 0 radical (unpaired) electrons. The molecule has 2 nitrogen and oxygen atoms in total. The number of nitrogens with zero attached hydrogens (tertiary/aromatic N) is 1. The summed E-state index contributed by atoms with van der Waals surface area (Å²) in [6.07, 6.45) is 1.33. The molecule has 0 bridgehead atoms. The molecule has 0 saturated carbocycles. The Morgan fingerprint density at radius 1 is 1.33 bits per heavy atom. The molecule has 1 aromatic carbocycles. The molecule has 0 aliphatic carbocycles. The van der Waals surface area contributed by atoms with E-state index in [4.69, 9.17) is 0 Å². The van der Waals surface area contributed by atoms with Gasteiger partial charge in [-0.05, 0) is 45.0 Å². The molecular weight excluding hydrogens is 184 g/mol. The minimum atomic E-state index is 0.438. The van der Waals surface area contributed by atoms with Crippen LogP contribution in [0.2, 0.25) is 0 Å². The predicted octanol–water partition coefficient (Wildman–Crippen LogP) is 2.57. The highest BCUT2D eigenvalue weighted by atomic mass is 15.2. The van der Waals surface area contributed by atoms with E-state index in [1.54, 1.807) is 0 Å². The van der Waals surface area contributed by atoms with Crippen molar-refractivity contribution in [3.63, 3.8) is 0 Å². The zero-order chi connectivity index (χ0) is 10.8. The molecule has 1 heterocycles. The van der Waals surface area contributed by atoms with Crippen molar-refractivity contribution in [3.8, 4) is 0 Å². The third-order valence-electron chi connectivity index (χ3n) is 3.48. The zero-order valence-electron chi connectivity index (χ0n) is 9.83. The lowest BCUT2D eigenvalue weighted by Gasteiger charge is -2.40. The highest BCUT2D eigenvalue weighted by Gasteiger charge is 2.23. The van der Waals surface area contributed by atoms with Gasteiger partial charge in [-0.25, -0.2) is 0 Å². The summed E-state index contributed by atoms with van der Waals surface area (Å²) in [5, 5.41) is 3.25. The second-order valence-corrected chi connectivity index (χ2v) is 4.43. The van der Waals surface area contributed by atoms with E-state index < -0.39 is 0 Å². The molecule has 1 aliphatic heterocycles. The van der Waals surface area contributed by atoms with Gasteiger partial charge in [0.15, 0.2) is 0 Å². The van der Waals surface area contributed by atoms with Crippen LogP contribution in [0.5, 0.6) is 0 Å². The fraction of sp³-hybridized carbons (Fsp3) is 0.538. The van der Waals surface area contributed by atoms with Gasteiger partial charge < -0.3 is 10.2 Å². The zero-order valence-corrected chi connectivity index (χ0v) is 9.83. The van der Waals surface area contributed by atoms with Gasteiger partial charge in [0, 0.05) is 24.3 Å². The van der Waals surface area contributed by atoms with E-state index in [1.165, 1.54) is 24.2 Å². The van der Waals surface area contributed by atoms with Crippen LogP contribution in [0.1, 0.15) is 31.9 Å². The van der Waals surface area contributed by atoms with Crippen molar-refractivity contribution in [2.45, 2.75) is 32.4 Å². The normalized spacial score (nSPS) is 22.3. The summed E-state index contributed by atoms with van der Waals surface area (Å²) in [6, 6.07) is 10.1. The van der Waals surface area contributed by atoms with E-state index >= 15 is 0 Å². The average Bonchev–Trinajstić information content (AvgIpc) is 2.27. The van der Waals surface area contributed by atoms with Gasteiger partial charge in [0.2, 0.25) is 0 Å². The summed E-state index contributed by atoms with van der Waals surface area (Å²) in [6.45, 7) is 5.68. The lowest BCUT2D eigenvalue weighted by atomic mass is 10.0. The van der Waals surface area contributed by atoms with Gasteiger partial charge in [-0.2, -0.15) is 0 Å². The Kier molecular flexibility index (Phi) is 2.96. The molecule has 1 saturated heterocycles. The van der Waals surface area contributed by atoms with Crippen molar-refractivity contribution in [2.24, 2.45) is 0 Å². The lowest BCUT2D eigenvalue weighted by Crippen LogP contribution is -2.45. The van der Waals surface area contributed by atoms with Crippen molar-refractivity contribution in [1.29, 1.82) is 0 Å². The number of anilines is 1. The molecule has 15 heavy (non-hydrogen) atoms. The summed E-state index contributed by atoms with van der Waals surface area (Å²) in [7, 11) is 2.00. The minimum absolute atomic E-state index is 0.438. The van der Waals surface area contributed by atoms with E-state index in [1.807, 2.05) is 7.05 Å². The van der Waals surface area contributed by atoms with Gasteiger partial charge in [0.05, 0.1) is 0 Å². The predicted molar refractivity (Wildman–Crippen MR) is 65.3 cm³/mol. The van der Waals surface area contributed by atoms with Gasteiger partial charge in [-0.3, -0.25) is 0 Å². The Balaban J connectivity index is 2.10. The minimum Gasteiger partial charge on any atom is -0.369 e. The largest absolute Gasteiger partial charge is 0.369 e. The number of hydrogen-bond donors (Lipinski definition) is 1. The molecule has 1 aromatic rings. The van der Waals surface area contributed by atoms with Crippen LogP contribution in [-0.4, -0.2) is 19.6 Å². The van der Waals surface area contributed by atoms with Gasteiger partial charge in [0.25, 0.3) is 0 Å². The molecule has 2 heteroatoms. The quantitative estimate of drug-likeness (QED) is 0.814. The maximum atomic E-state index is 3.25. The first-order valence-corrected chi connectivity index (χ1v) is 5.76. The second kappa shape index (κ2) is 4.23. The number of nitrogens with one attached hydrogen (secondary N) is 1. The average molecular weight is 204 g/mol. The summed E-state index contributed by atoms with van der Waals surface area (Å²) < 4.78 is 0. The van der Waals surface area contributed by atoms with Crippen LogP contribution in [0.3, 0.4) is 0 Å². The van der Waals surface area contributed by atoms with E-state index in [-0.39, 0.29) is 0 Å². The molecule has 2 unspecified atom stereocenters. The van der Waals surface area contributed by atoms with Crippen LogP contribution in [-0.2, 0) is 0 Å². The highest BCUT2D eigenvalue weighted by Crippen LogP contribution is 2.27. The Labute approximate surface area is 92.3 Å². The second-order valence-electron chi connectivity index (χ2n) is 4.43. The van der Waals surface area contributed by atoms with Gasteiger partial charge >= 0.3 is 0 Å². The van der Waals surface area contributed by atoms with Crippen LogP contribution in [0.4, 0.5) is 5.69 Å². The van der Waals surface area contributed by atoms with Crippen LogP contribution >= 0.6 is 0 Å². The molecule has 0 spiro atoms. The Morgan fingerprint density at radius 3 is 2.40 bits per heavy atom. The van der Waals surface area contributed by atoms with E-state index in [0.717, 1.165) is 6.04 Å². The van der Waals surface area contributed by atoms with Crippen LogP contribution < -0.4 is 10.2 Å². The maximum Gasteiger partial charge on any atom is 0.0368 e. The molecule has 0 amide bonds. The maximum absolute atomic E-state index is 3.25. The summed E-state index contributed by atoms with van der Waals surface area (Å²) >= 11 is 0. The van der Waals surface area contributed by atoms with Crippen molar-refractivity contribution < 1.29 is 0 Å². The Bertz CT molecular complexity index is 318. The molecule has 0 aromatic heterocycles. The van der Waals surface area contributed by atoms with Crippen molar-refractivity contribution >= 4 is 5.69 Å². The Morgan fingerprint density at radius 2 is 2.00 bits per heavy atom. The van der Waals surface area contributed by atoms with Gasteiger partial charge in [-0.15, -0.1) is 0 Å². The van der Waals surface area contributed by atoms with Crippen molar-refractivity contribution in [3.05, 3.63) is 29.8 Å². The van der Waals surface area contributed by atoms with Crippen LogP contribution in [0.15, 0.2) is 24.3 Å². The lowest BCUT2D eigenvalue weighted by molar-refractivity contribution is 0.481. The van der Waals surface area contributed by atoms with Crippen LogP contribution in [0.25, 0.3) is 0 Å². The first-order chi connectivity index (χ1) is 7.22. The molecule has 1 fully saturated rings. The first-order valence-electron chi connectivity index (χ1n) is 5.76. The third-order valence-corrected chi connectivity index (χ3v) is 3.48. The number of benzene rings is 1. The van der Waals surface area contributed by atoms with E-state index in [9.17, 15) is 0 Å². The van der Waals surface area contributed by atoms with Gasteiger partial charge in [-0.1, -0.05) is 12.1 Å². The van der Waals surface area contributed by atoms with Crippen molar-refractivity contribution in [1.82, 2.24) is 5.32 Å². The summed E-state index contributed by atoms with van der Waals surface area (Å²) in [4.78, 5) is 2.45. The number of rotatable bonds is 3. The van der Waals surface area contributed by atoms with Crippen molar-refractivity contribution in [2.75, 3.05) is 18.5 Å². The molecule has 2 rings (SSSR count). The molecule has 2 atom stereocenters. The fourth-order valence-electron chi connectivity index (χ4n) is 2.02. The molecule has 82 valence electrons. The van der Waals surface area contributed by atoms with E-state index in [2.05, 4.69) is 48.3 Å². The summed E-state index contributed by atoms with van der Waals surface area (Å²) in [5.74, 6) is 0. The standard InChI is InChI=1S/C13H20N2/c1-10-8-9-15(10)13-6-4-12(5-7-13)11(2)14-3/h4-7,10-11,14H,8-9H2,1-3H3. The Hall–Kier alpha value is -1.02. The summed E-state index contributed by atoms with van der Waals surface area (Å²) in [5.41, 5.74) is 2.72. The SMILES string of the molecule is CNC(C)c1ccc(N2CCC2C)cc1. The first kappa shape index (κ1) is 10.5. The molecular formula is C13H20N2. The monoisotopic (exact) mass is 204 g/mol. The fourth-order valence-corrected chi connectivity index (χ4v) is 2.02. The molecule has 1 aliphatic rings. The smallest absolute Gasteiger partial charge is 0.0368 e. The topological polar surface area (TPSA) is 15.3 Å².